The molecule has 188 valence electrons. The van der Waals surface area contributed by atoms with Crippen molar-refractivity contribution >= 4 is 11.7 Å². The highest BCUT2D eigenvalue weighted by molar-refractivity contribution is 6.43. The minimum Gasteiger partial charge on any atom is -0.457 e. The standard InChI is InChI=1S/C31H47NO2/c1-20(2)7-6-8-21(3)25-11-12-26-24-10-9-22-19-23(34-29(33)28-15-18-32-28)13-16-30(22,4)27(24)14-17-31(25,26)5/h9,15,18,20-21,23-27H,6-8,10-14,16-17,19H2,1-5H3/t21-,23+,24+,25-,26+,27+,30+,31-/m1/s1. The van der Waals surface area contributed by atoms with Crippen molar-refractivity contribution in [3.05, 3.63) is 23.9 Å². The molecule has 0 spiro atoms. The predicted molar refractivity (Wildman–Crippen MR) is 140 cm³/mol. The Morgan fingerprint density at radius 2 is 1.88 bits per heavy atom. The molecule has 0 saturated heterocycles. The quantitative estimate of drug-likeness (QED) is 0.283. The highest BCUT2D eigenvalue weighted by Gasteiger charge is 2.59. The number of ether oxygens (including phenoxy) is 1. The molecule has 3 heteroatoms. The van der Waals surface area contributed by atoms with Gasteiger partial charge in [-0.2, -0.15) is 0 Å². The average Bonchev–Trinajstić information content (AvgIpc) is 3.09. The van der Waals surface area contributed by atoms with E-state index in [1.807, 2.05) is 0 Å². The van der Waals surface area contributed by atoms with Crippen LogP contribution in [-0.2, 0) is 9.53 Å². The molecule has 5 rings (SSSR count). The maximum atomic E-state index is 12.3. The largest absolute Gasteiger partial charge is 0.457 e. The molecular weight excluding hydrogens is 418 g/mol. The second kappa shape index (κ2) is 9.25. The van der Waals surface area contributed by atoms with Crippen molar-refractivity contribution in [3.8, 4) is 0 Å². The fourth-order valence-corrected chi connectivity index (χ4v) is 9.23. The molecule has 0 unspecified atom stereocenters. The number of carbonyl (C=O) groups excluding carboxylic acids is 1. The highest BCUT2D eigenvalue weighted by Crippen LogP contribution is 2.67. The summed E-state index contributed by atoms with van der Waals surface area (Å²) in [6.45, 7) is 12.5. The minimum atomic E-state index is -0.238. The lowest BCUT2D eigenvalue weighted by molar-refractivity contribution is -0.143. The van der Waals surface area contributed by atoms with Crippen LogP contribution >= 0.6 is 0 Å². The maximum absolute atomic E-state index is 12.3. The van der Waals surface area contributed by atoms with Crippen LogP contribution in [0.25, 0.3) is 0 Å². The highest BCUT2D eigenvalue weighted by atomic mass is 16.5. The van der Waals surface area contributed by atoms with Gasteiger partial charge in [0, 0.05) is 12.6 Å². The van der Waals surface area contributed by atoms with Crippen molar-refractivity contribution in [1.82, 2.24) is 0 Å². The zero-order valence-electron chi connectivity index (χ0n) is 22.3. The number of aliphatic imine (C=N–C) groups is 1. The maximum Gasteiger partial charge on any atom is 0.357 e. The van der Waals surface area contributed by atoms with Crippen molar-refractivity contribution < 1.29 is 9.53 Å². The number of allylic oxidation sites excluding steroid dienone is 1. The molecule has 0 aromatic rings. The van der Waals surface area contributed by atoms with Gasteiger partial charge in [0.15, 0.2) is 0 Å². The van der Waals surface area contributed by atoms with Gasteiger partial charge in [-0.25, -0.2) is 9.79 Å². The second-order valence-corrected chi connectivity index (χ2v) is 13.4. The fraction of sp³-hybridized carbons (Fsp3) is 0.806. The van der Waals surface area contributed by atoms with E-state index in [1.165, 1.54) is 57.8 Å². The van der Waals surface area contributed by atoms with Gasteiger partial charge in [-0.15, -0.1) is 0 Å². The summed E-state index contributed by atoms with van der Waals surface area (Å²) in [5.41, 5.74) is 2.92. The molecule has 3 nitrogen and oxygen atoms in total. The van der Waals surface area contributed by atoms with Gasteiger partial charge < -0.3 is 4.74 Å². The van der Waals surface area contributed by atoms with Crippen LogP contribution in [-0.4, -0.2) is 17.8 Å². The number of carbonyl (C=O) groups is 1. The van der Waals surface area contributed by atoms with E-state index in [2.05, 4.69) is 45.7 Å². The van der Waals surface area contributed by atoms with Crippen LogP contribution in [0.15, 0.2) is 28.9 Å². The molecule has 1 aliphatic heterocycles. The van der Waals surface area contributed by atoms with Gasteiger partial charge in [0.2, 0.25) is 0 Å². The Kier molecular flexibility index (Phi) is 6.61. The Balaban J connectivity index is 1.26. The Hall–Kier alpha value is -1.38. The smallest absolute Gasteiger partial charge is 0.357 e. The number of esters is 1. The molecule has 5 aliphatic rings. The molecule has 3 saturated carbocycles. The molecule has 0 N–H and O–H groups in total. The zero-order chi connectivity index (χ0) is 24.1. The first kappa shape index (κ1) is 24.3. The van der Waals surface area contributed by atoms with Crippen LogP contribution in [0.1, 0.15) is 105 Å². The first-order valence-corrected chi connectivity index (χ1v) is 14.4. The number of rotatable bonds is 7. The molecule has 4 aliphatic carbocycles. The number of fused-ring (bicyclic) bond motifs is 5. The van der Waals surface area contributed by atoms with Crippen LogP contribution < -0.4 is 0 Å². The SMILES string of the molecule is CC(C)CCC[C@@H](C)[C@H]1CC[C@H]2[C@@H]3CC=C4C[C@@H](OC(=O)C5=NC=C5)CC[C@]4(C)[C@H]3CC[C@]12C. The van der Waals surface area contributed by atoms with E-state index in [9.17, 15) is 4.79 Å². The summed E-state index contributed by atoms with van der Waals surface area (Å²) >= 11 is 0. The van der Waals surface area contributed by atoms with Gasteiger partial charge >= 0.3 is 5.97 Å². The van der Waals surface area contributed by atoms with Gasteiger partial charge in [0.05, 0.1) is 0 Å². The average molecular weight is 466 g/mol. The Morgan fingerprint density at radius 3 is 2.59 bits per heavy atom. The van der Waals surface area contributed by atoms with Crippen LogP contribution in [0.5, 0.6) is 0 Å². The van der Waals surface area contributed by atoms with E-state index in [4.69, 9.17) is 4.74 Å². The molecule has 0 aromatic heterocycles. The van der Waals surface area contributed by atoms with Crippen molar-refractivity contribution in [1.29, 1.82) is 0 Å². The topological polar surface area (TPSA) is 38.7 Å². The summed E-state index contributed by atoms with van der Waals surface area (Å²) in [4.78, 5) is 16.3. The molecule has 0 radical (unpaired) electrons. The van der Waals surface area contributed by atoms with E-state index in [0.29, 0.717) is 16.5 Å². The lowest BCUT2D eigenvalue weighted by Gasteiger charge is -2.58. The summed E-state index contributed by atoms with van der Waals surface area (Å²) in [5.74, 6) is 4.96. The number of hydrogen-bond donors (Lipinski definition) is 0. The van der Waals surface area contributed by atoms with E-state index < -0.39 is 0 Å². The van der Waals surface area contributed by atoms with Gasteiger partial charge in [-0.1, -0.05) is 65.5 Å². The van der Waals surface area contributed by atoms with Crippen LogP contribution in [0.2, 0.25) is 0 Å². The van der Waals surface area contributed by atoms with Crippen molar-refractivity contribution in [3.63, 3.8) is 0 Å². The van der Waals surface area contributed by atoms with Gasteiger partial charge in [0.1, 0.15) is 11.8 Å². The van der Waals surface area contributed by atoms with Gasteiger partial charge in [-0.05, 0) is 97.4 Å². The lowest BCUT2D eigenvalue weighted by Crippen LogP contribution is -2.51. The van der Waals surface area contributed by atoms with Gasteiger partial charge in [0.25, 0.3) is 0 Å². The Labute approximate surface area is 207 Å². The van der Waals surface area contributed by atoms with Crippen molar-refractivity contribution in [2.75, 3.05) is 0 Å². The monoisotopic (exact) mass is 465 g/mol. The van der Waals surface area contributed by atoms with E-state index in [1.54, 1.807) is 17.8 Å². The third-order valence-electron chi connectivity index (χ3n) is 11.2. The van der Waals surface area contributed by atoms with E-state index >= 15 is 0 Å². The Bertz CT molecular complexity index is 884. The zero-order valence-corrected chi connectivity index (χ0v) is 22.3. The van der Waals surface area contributed by atoms with Crippen LogP contribution in [0.4, 0.5) is 0 Å². The lowest BCUT2D eigenvalue weighted by atomic mass is 9.47. The predicted octanol–water partition coefficient (Wildman–Crippen LogP) is 7.91. The van der Waals surface area contributed by atoms with E-state index in [-0.39, 0.29) is 12.1 Å². The minimum absolute atomic E-state index is 0.0245. The molecule has 34 heavy (non-hydrogen) atoms. The van der Waals surface area contributed by atoms with Crippen molar-refractivity contribution in [2.24, 2.45) is 51.3 Å². The summed E-state index contributed by atoms with van der Waals surface area (Å²) in [6.07, 6.45) is 20.3. The summed E-state index contributed by atoms with van der Waals surface area (Å²) in [6, 6.07) is 0. The second-order valence-electron chi connectivity index (χ2n) is 13.4. The molecule has 0 bridgehead atoms. The molecule has 3 fully saturated rings. The molecule has 0 aromatic carbocycles. The first-order valence-electron chi connectivity index (χ1n) is 14.4. The number of hydrogen-bond acceptors (Lipinski definition) is 3. The molecule has 1 heterocycles. The summed E-state index contributed by atoms with van der Waals surface area (Å²) in [5, 5.41) is 0. The van der Waals surface area contributed by atoms with Gasteiger partial charge in [-0.3, -0.25) is 0 Å². The van der Waals surface area contributed by atoms with E-state index in [0.717, 1.165) is 48.3 Å². The van der Waals surface area contributed by atoms with Crippen molar-refractivity contribution in [2.45, 2.75) is 111 Å². The molecule has 8 atom stereocenters. The Morgan fingerprint density at radius 1 is 1.09 bits per heavy atom. The third-order valence-corrected chi connectivity index (χ3v) is 11.2. The summed E-state index contributed by atoms with van der Waals surface area (Å²) < 4.78 is 5.84. The fourth-order valence-electron chi connectivity index (χ4n) is 9.23. The molecular formula is C31H47NO2. The van der Waals surface area contributed by atoms with Crippen LogP contribution in [0, 0.1) is 46.3 Å². The van der Waals surface area contributed by atoms with Crippen LogP contribution in [0.3, 0.4) is 0 Å². The molecule has 0 amide bonds. The summed E-state index contributed by atoms with van der Waals surface area (Å²) in [7, 11) is 0. The first-order chi connectivity index (χ1) is 16.2. The third kappa shape index (κ3) is 4.13. The number of nitrogens with zero attached hydrogens (tertiary/aromatic N) is 1. The normalized spacial score (nSPS) is 41.5.